The van der Waals surface area contributed by atoms with Crippen molar-refractivity contribution in [1.82, 2.24) is 9.79 Å². The largest absolute Gasteiger partial charge is 0.497 e. The van der Waals surface area contributed by atoms with E-state index >= 15 is 0 Å². The summed E-state index contributed by atoms with van der Waals surface area (Å²) < 4.78 is 32.2. The van der Waals surface area contributed by atoms with Crippen LogP contribution in [0, 0.1) is 0 Å². The summed E-state index contributed by atoms with van der Waals surface area (Å²) in [6.07, 6.45) is 0.633. The van der Waals surface area contributed by atoms with Gasteiger partial charge in [-0.3, -0.25) is 10.0 Å². The molecule has 1 fully saturated rings. The van der Waals surface area contributed by atoms with Gasteiger partial charge in [0.05, 0.1) is 12.0 Å². The third-order valence-corrected chi connectivity index (χ3v) is 7.20. The van der Waals surface area contributed by atoms with Gasteiger partial charge in [0.25, 0.3) is 5.91 Å². The second kappa shape index (κ2) is 7.08. The Labute approximate surface area is 140 Å². The number of amides is 1. The number of methoxy groups -OCH3 is 1. The molecule has 0 saturated carbocycles. The molecular formula is C14H20N2O5S2. The zero-order valence-corrected chi connectivity index (χ0v) is 14.6. The van der Waals surface area contributed by atoms with Gasteiger partial charge in [0, 0.05) is 12.3 Å². The van der Waals surface area contributed by atoms with E-state index in [0.717, 1.165) is 5.75 Å². The summed E-state index contributed by atoms with van der Waals surface area (Å²) in [5.74, 6) is 0.841. The van der Waals surface area contributed by atoms with E-state index in [-0.39, 0.29) is 17.2 Å². The molecule has 1 atom stereocenters. The lowest BCUT2D eigenvalue weighted by molar-refractivity contribution is -0.137. The highest BCUT2D eigenvalue weighted by Gasteiger charge is 2.47. The fourth-order valence-corrected chi connectivity index (χ4v) is 5.49. The Morgan fingerprint density at radius 3 is 2.61 bits per heavy atom. The van der Waals surface area contributed by atoms with Gasteiger partial charge < -0.3 is 4.74 Å². The Bertz CT molecular complexity index is 662. The molecule has 2 N–H and O–H groups in total. The van der Waals surface area contributed by atoms with Crippen molar-refractivity contribution in [2.75, 3.05) is 25.2 Å². The van der Waals surface area contributed by atoms with Gasteiger partial charge >= 0.3 is 0 Å². The molecule has 23 heavy (non-hydrogen) atoms. The van der Waals surface area contributed by atoms with Crippen LogP contribution in [-0.2, 0) is 14.8 Å². The average Bonchev–Trinajstić information content (AvgIpc) is 2.77. The molecule has 9 heteroatoms. The number of rotatable bonds is 4. The molecule has 0 spiro atoms. The minimum absolute atomic E-state index is 0.0853. The van der Waals surface area contributed by atoms with Crippen molar-refractivity contribution in [3.63, 3.8) is 0 Å². The van der Waals surface area contributed by atoms with E-state index in [0.29, 0.717) is 12.2 Å². The van der Waals surface area contributed by atoms with Crippen molar-refractivity contribution in [2.24, 2.45) is 0 Å². The average molecular weight is 360 g/mol. The van der Waals surface area contributed by atoms with Crippen LogP contribution in [0.25, 0.3) is 0 Å². The number of hydrogen-bond acceptors (Lipinski definition) is 6. The fraction of sp³-hybridized carbons (Fsp3) is 0.500. The summed E-state index contributed by atoms with van der Waals surface area (Å²) in [7, 11) is -2.38. The number of thioether (sulfide) groups is 1. The molecular weight excluding hydrogens is 340 g/mol. The van der Waals surface area contributed by atoms with Crippen molar-refractivity contribution in [1.29, 1.82) is 0 Å². The second-order valence-electron chi connectivity index (χ2n) is 5.37. The molecule has 1 saturated heterocycles. The number of carbonyl (C=O) groups is 1. The van der Waals surface area contributed by atoms with E-state index in [2.05, 4.69) is 0 Å². The molecule has 1 heterocycles. The van der Waals surface area contributed by atoms with Crippen LogP contribution in [-0.4, -0.2) is 54.5 Å². The summed E-state index contributed by atoms with van der Waals surface area (Å²) >= 11 is 1.49. The summed E-state index contributed by atoms with van der Waals surface area (Å²) in [6, 6.07) is 6.01. The first-order valence-corrected chi connectivity index (χ1v) is 9.65. The topological polar surface area (TPSA) is 95.9 Å². The van der Waals surface area contributed by atoms with Crippen LogP contribution in [0.2, 0.25) is 0 Å². The molecule has 0 unspecified atom stereocenters. The summed E-state index contributed by atoms with van der Waals surface area (Å²) in [5.41, 5.74) is 0.244. The highest BCUT2D eigenvalue weighted by molar-refractivity contribution is 7.99. The molecule has 7 nitrogen and oxygen atoms in total. The predicted molar refractivity (Wildman–Crippen MR) is 87.2 cm³/mol. The minimum atomic E-state index is -3.88. The van der Waals surface area contributed by atoms with E-state index in [1.54, 1.807) is 17.6 Å². The number of carbonyl (C=O) groups excluding carboxylic acids is 1. The first-order chi connectivity index (χ1) is 10.9. The number of hydrogen-bond donors (Lipinski definition) is 2. The van der Waals surface area contributed by atoms with E-state index in [1.807, 2.05) is 0 Å². The predicted octanol–water partition coefficient (Wildman–Crippen LogP) is 1.09. The molecule has 128 valence electrons. The van der Waals surface area contributed by atoms with E-state index in [9.17, 15) is 13.2 Å². The van der Waals surface area contributed by atoms with Gasteiger partial charge in [-0.1, -0.05) is 0 Å². The van der Waals surface area contributed by atoms with E-state index in [1.165, 1.54) is 42.2 Å². The van der Waals surface area contributed by atoms with Crippen molar-refractivity contribution < 1.29 is 23.2 Å². The summed E-state index contributed by atoms with van der Waals surface area (Å²) in [5, 5.41) is 9.02. The lowest BCUT2D eigenvalue weighted by Gasteiger charge is -2.36. The first kappa shape index (κ1) is 18.1. The standard InChI is InChI=1S/C14H20N2O5S2/c1-14(13(17)15-18)10-22-9-3-8-16(14)23(19,20)12-6-4-11(21-2)5-7-12/h4-7,18H,3,8-10H2,1-2H3,(H,15,17)/t14-/m0/s1. The molecule has 0 radical (unpaired) electrons. The maximum atomic E-state index is 13.0. The maximum absolute atomic E-state index is 13.0. The lowest BCUT2D eigenvalue weighted by Crippen LogP contribution is -2.59. The van der Waals surface area contributed by atoms with Gasteiger partial charge in [-0.15, -0.1) is 0 Å². The van der Waals surface area contributed by atoms with Crippen molar-refractivity contribution in [2.45, 2.75) is 23.8 Å². The highest BCUT2D eigenvalue weighted by Crippen LogP contribution is 2.32. The number of sulfonamides is 1. The number of nitrogens with zero attached hydrogens (tertiary/aromatic N) is 1. The monoisotopic (exact) mass is 360 g/mol. The lowest BCUT2D eigenvalue weighted by atomic mass is 10.0. The number of hydroxylamine groups is 1. The van der Waals surface area contributed by atoms with E-state index < -0.39 is 21.5 Å². The quantitative estimate of drug-likeness (QED) is 0.616. The van der Waals surface area contributed by atoms with Crippen LogP contribution < -0.4 is 10.2 Å². The number of ether oxygens (including phenoxy) is 1. The zero-order valence-electron chi connectivity index (χ0n) is 13.0. The molecule has 0 aliphatic carbocycles. The summed E-state index contributed by atoms with van der Waals surface area (Å²) in [4.78, 5) is 12.2. The van der Waals surface area contributed by atoms with Crippen LogP contribution >= 0.6 is 11.8 Å². The van der Waals surface area contributed by atoms with Crippen LogP contribution in [0.1, 0.15) is 13.3 Å². The Kier molecular flexibility index (Phi) is 5.56. The van der Waals surface area contributed by atoms with Gasteiger partial charge in [0.1, 0.15) is 11.3 Å². The SMILES string of the molecule is COc1ccc(S(=O)(=O)N2CCCSC[C@@]2(C)C(=O)NO)cc1. The third kappa shape index (κ3) is 3.47. The molecule has 1 amide bonds. The van der Waals surface area contributed by atoms with Gasteiger partial charge in [-0.2, -0.15) is 16.1 Å². The number of nitrogens with one attached hydrogen (secondary N) is 1. The second-order valence-corrected chi connectivity index (χ2v) is 8.34. The summed E-state index contributed by atoms with van der Waals surface area (Å²) in [6.45, 7) is 1.74. The van der Waals surface area contributed by atoms with Crippen LogP contribution in [0.5, 0.6) is 5.75 Å². The van der Waals surface area contributed by atoms with Gasteiger partial charge in [-0.05, 0) is 43.4 Å². The third-order valence-electron chi connectivity index (χ3n) is 3.82. The maximum Gasteiger partial charge on any atom is 0.265 e. The Morgan fingerprint density at radius 1 is 1.39 bits per heavy atom. The van der Waals surface area contributed by atoms with Gasteiger partial charge in [0.2, 0.25) is 10.0 Å². The van der Waals surface area contributed by atoms with Crippen molar-refractivity contribution in [3.8, 4) is 5.75 Å². The van der Waals surface area contributed by atoms with Crippen LogP contribution in [0.3, 0.4) is 0 Å². The number of benzene rings is 1. The molecule has 0 bridgehead atoms. The minimum Gasteiger partial charge on any atom is -0.497 e. The Hall–Kier alpha value is -1.29. The normalized spacial score (nSPS) is 23.1. The Balaban J connectivity index is 2.46. The molecule has 1 aromatic carbocycles. The van der Waals surface area contributed by atoms with Gasteiger partial charge in [0.15, 0.2) is 0 Å². The van der Waals surface area contributed by atoms with Crippen LogP contribution in [0.4, 0.5) is 0 Å². The van der Waals surface area contributed by atoms with Crippen molar-refractivity contribution >= 4 is 27.7 Å². The highest BCUT2D eigenvalue weighted by atomic mass is 32.2. The molecule has 1 aromatic rings. The molecule has 0 aromatic heterocycles. The first-order valence-electron chi connectivity index (χ1n) is 7.05. The van der Waals surface area contributed by atoms with Crippen molar-refractivity contribution in [3.05, 3.63) is 24.3 Å². The van der Waals surface area contributed by atoms with Gasteiger partial charge in [-0.25, -0.2) is 13.9 Å². The van der Waals surface area contributed by atoms with E-state index in [4.69, 9.17) is 9.94 Å². The Morgan fingerprint density at radius 2 is 2.04 bits per heavy atom. The smallest absolute Gasteiger partial charge is 0.265 e. The molecule has 1 aliphatic rings. The molecule has 2 rings (SSSR count). The fourth-order valence-electron chi connectivity index (χ4n) is 2.46. The van der Waals surface area contributed by atoms with Crippen LogP contribution in [0.15, 0.2) is 29.2 Å². The zero-order chi connectivity index (χ0) is 17.1. The molecule has 1 aliphatic heterocycles.